The third-order valence-electron chi connectivity index (χ3n) is 4.14. The van der Waals surface area contributed by atoms with Gasteiger partial charge in [-0.3, -0.25) is 4.79 Å². The van der Waals surface area contributed by atoms with Gasteiger partial charge in [0.2, 0.25) is 5.88 Å². The first-order valence-electron chi connectivity index (χ1n) is 9.37. The standard InChI is InChI=1S/C22H27NO5/c1-26-14-9-15-28-22-18(16-17-10-7-8-11-19(17)23-22)20(24)12-5-3-4-6-13-21(25)27-2/h7-8,10-11,16,20,24H,4,6,9,12-15H2,1-2H3. The lowest BCUT2D eigenvalue weighted by atomic mass is 10.1. The Balaban J connectivity index is 2.04. The second-order valence-corrected chi connectivity index (χ2v) is 6.27. The number of pyridine rings is 1. The summed E-state index contributed by atoms with van der Waals surface area (Å²) in [5, 5.41) is 11.6. The fraction of sp³-hybridized carbons (Fsp3) is 0.455. The lowest BCUT2D eigenvalue weighted by molar-refractivity contribution is -0.140. The highest BCUT2D eigenvalue weighted by Gasteiger charge is 2.16. The number of aliphatic hydroxyl groups excluding tert-OH is 1. The molecule has 0 aliphatic heterocycles. The molecule has 28 heavy (non-hydrogen) atoms. The van der Waals surface area contributed by atoms with E-state index in [1.54, 1.807) is 7.11 Å². The predicted molar refractivity (Wildman–Crippen MR) is 107 cm³/mol. The van der Waals surface area contributed by atoms with Crippen LogP contribution in [-0.2, 0) is 14.3 Å². The zero-order valence-corrected chi connectivity index (χ0v) is 16.4. The number of aliphatic hydroxyl groups is 1. The summed E-state index contributed by atoms with van der Waals surface area (Å²) in [6.07, 6.45) is 1.77. The van der Waals surface area contributed by atoms with Gasteiger partial charge in [-0.05, 0) is 18.6 Å². The number of benzene rings is 1. The first-order chi connectivity index (χ1) is 13.7. The fourth-order valence-corrected chi connectivity index (χ4v) is 2.63. The van der Waals surface area contributed by atoms with E-state index in [0.29, 0.717) is 43.9 Å². The SMILES string of the molecule is COCCCOc1nc2ccccc2cc1C(O)CC#CCCCC(=O)OC. The molecule has 0 radical (unpaired) electrons. The van der Waals surface area contributed by atoms with Crippen LogP contribution in [0.2, 0.25) is 0 Å². The van der Waals surface area contributed by atoms with Gasteiger partial charge in [-0.2, -0.15) is 0 Å². The minimum Gasteiger partial charge on any atom is -0.477 e. The van der Waals surface area contributed by atoms with E-state index < -0.39 is 6.10 Å². The number of rotatable bonds is 10. The highest BCUT2D eigenvalue weighted by Crippen LogP contribution is 2.29. The Labute approximate surface area is 165 Å². The van der Waals surface area contributed by atoms with Crippen LogP contribution in [0.5, 0.6) is 5.88 Å². The Morgan fingerprint density at radius 3 is 2.79 bits per heavy atom. The van der Waals surface area contributed by atoms with E-state index in [1.807, 2.05) is 30.3 Å². The number of unbranched alkanes of at least 4 members (excludes halogenated alkanes) is 1. The Bertz CT molecular complexity index is 825. The van der Waals surface area contributed by atoms with Gasteiger partial charge in [0.05, 0.1) is 25.3 Å². The minimum atomic E-state index is -0.803. The summed E-state index contributed by atoms with van der Waals surface area (Å²) in [4.78, 5) is 15.6. The van der Waals surface area contributed by atoms with Crippen LogP contribution in [0.4, 0.5) is 0 Å². The summed E-state index contributed by atoms with van der Waals surface area (Å²) in [7, 11) is 3.02. The van der Waals surface area contributed by atoms with E-state index in [0.717, 1.165) is 17.3 Å². The highest BCUT2D eigenvalue weighted by atomic mass is 16.5. The molecule has 0 aliphatic carbocycles. The number of carbonyl (C=O) groups is 1. The molecule has 2 aromatic rings. The van der Waals surface area contributed by atoms with Crippen molar-refractivity contribution in [1.29, 1.82) is 0 Å². The van der Waals surface area contributed by atoms with Gasteiger partial charge in [0.15, 0.2) is 0 Å². The van der Waals surface area contributed by atoms with Crippen LogP contribution in [0.1, 0.15) is 43.8 Å². The number of esters is 1. The molecule has 1 aromatic heterocycles. The quantitative estimate of drug-likeness (QED) is 0.384. The van der Waals surface area contributed by atoms with Crippen molar-refractivity contribution in [2.24, 2.45) is 0 Å². The Hall–Kier alpha value is -2.62. The smallest absolute Gasteiger partial charge is 0.305 e. The molecular weight excluding hydrogens is 358 g/mol. The molecule has 1 unspecified atom stereocenters. The molecule has 1 heterocycles. The molecule has 1 aromatic carbocycles. The normalized spacial score (nSPS) is 11.5. The summed E-state index contributed by atoms with van der Waals surface area (Å²) in [5.74, 6) is 6.15. The van der Waals surface area contributed by atoms with E-state index in [1.165, 1.54) is 7.11 Å². The number of para-hydroxylation sites is 1. The maximum atomic E-state index is 11.1. The minimum absolute atomic E-state index is 0.237. The zero-order valence-electron chi connectivity index (χ0n) is 16.4. The van der Waals surface area contributed by atoms with Crippen LogP contribution < -0.4 is 4.74 Å². The number of fused-ring (bicyclic) bond motifs is 1. The van der Waals surface area contributed by atoms with Crippen molar-refractivity contribution >= 4 is 16.9 Å². The number of nitrogens with zero attached hydrogens (tertiary/aromatic N) is 1. The molecule has 150 valence electrons. The van der Waals surface area contributed by atoms with E-state index >= 15 is 0 Å². The summed E-state index contributed by atoms with van der Waals surface area (Å²) in [6, 6.07) is 9.61. The lowest BCUT2D eigenvalue weighted by Crippen LogP contribution is -2.07. The second-order valence-electron chi connectivity index (χ2n) is 6.27. The Kier molecular flexibility index (Phi) is 9.26. The summed E-state index contributed by atoms with van der Waals surface area (Å²) in [5.41, 5.74) is 1.44. The Morgan fingerprint density at radius 2 is 2.00 bits per heavy atom. The van der Waals surface area contributed by atoms with Gasteiger partial charge in [0.1, 0.15) is 0 Å². The molecular formula is C22H27NO5. The van der Waals surface area contributed by atoms with Gasteiger partial charge in [0, 0.05) is 50.3 Å². The number of hydrogen-bond donors (Lipinski definition) is 1. The molecule has 0 saturated carbocycles. The van der Waals surface area contributed by atoms with Crippen molar-refractivity contribution in [2.75, 3.05) is 27.4 Å². The molecule has 0 aliphatic rings. The van der Waals surface area contributed by atoms with Crippen LogP contribution in [0.15, 0.2) is 30.3 Å². The summed E-state index contributed by atoms with van der Waals surface area (Å²) >= 11 is 0. The molecule has 6 heteroatoms. The van der Waals surface area contributed by atoms with Crippen LogP contribution in [0.25, 0.3) is 10.9 Å². The first-order valence-corrected chi connectivity index (χ1v) is 9.37. The molecule has 0 bridgehead atoms. The zero-order chi connectivity index (χ0) is 20.2. The third-order valence-corrected chi connectivity index (χ3v) is 4.14. The van der Waals surface area contributed by atoms with Crippen LogP contribution in [-0.4, -0.2) is 43.5 Å². The first kappa shape index (κ1) is 21.7. The maximum Gasteiger partial charge on any atom is 0.305 e. The molecule has 0 spiro atoms. The van der Waals surface area contributed by atoms with Crippen molar-refractivity contribution in [3.63, 3.8) is 0 Å². The topological polar surface area (TPSA) is 77.9 Å². The molecule has 1 N–H and O–H groups in total. The van der Waals surface area contributed by atoms with Crippen molar-refractivity contribution in [3.8, 4) is 17.7 Å². The molecule has 0 fully saturated rings. The van der Waals surface area contributed by atoms with Gasteiger partial charge >= 0.3 is 5.97 Å². The van der Waals surface area contributed by atoms with Crippen molar-refractivity contribution in [1.82, 2.24) is 4.98 Å². The van der Waals surface area contributed by atoms with E-state index in [-0.39, 0.29) is 12.4 Å². The van der Waals surface area contributed by atoms with Gasteiger partial charge in [-0.15, -0.1) is 11.8 Å². The van der Waals surface area contributed by atoms with Crippen LogP contribution >= 0.6 is 0 Å². The number of aromatic nitrogens is 1. The number of methoxy groups -OCH3 is 2. The number of hydrogen-bond acceptors (Lipinski definition) is 6. The average molecular weight is 385 g/mol. The summed E-state index contributed by atoms with van der Waals surface area (Å²) in [6.45, 7) is 1.06. The molecule has 0 saturated heterocycles. The van der Waals surface area contributed by atoms with Crippen molar-refractivity contribution in [2.45, 2.75) is 38.2 Å². The molecule has 0 amide bonds. The fourth-order valence-electron chi connectivity index (χ4n) is 2.63. The highest BCUT2D eigenvalue weighted by molar-refractivity contribution is 5.80. The van der Waals surface area contributed by atoms with Gasteiger partial charge < -0.3 is 19.3 Å². The van der Waals surface area contributed by atoms with Crippen molar-refractivity contribution in [3.05, 3.63) is 35.9 Å². The maximum absolute atomic E-state index is 11.1. The van der Waals surface area contributed by atoms with Crippen molar-refractivity contribution < 1.29 is 24.1 Å². The predicted octanol–water partition coefficient (Wildman–Crippen LogP) is 3.42. The second kappa shape index (κ2) is 12.0. The third kappa shape index (κ3) is 6.84. The van der Waals surface area contributed by atoms with E-state index in [2.05, 4.69) is 21.6 Å². The van der Waals surface area contributed by atoms with Crippen LogP contribution in [0.3, 0.4) is 0 Å². The summed E-state index contributed by atoms with van der Waals surface area (Å²) < 4.78 is 15.4. The van der Waals surface area contributed by atoms with Crippen LogP contribution in [0, 0.1) is 11.8 Å². The Morgan fingerprint density at radius 1 is 1.18 bits per heavy atom. The molecule has 6 nitrogen and oxygen atoms in total. The number of ether oxygens (including phenoxy) is 3. The number of carbonyl (C=O) groups excluding carboxylic acids is 1. The van der Waals surface area contributed by atoms with Gasteiger partial charge in [-0.1, -0.05) is 18.2 Å². The van der Waals surface area contributed by atoms with E-state index in [4.69, 9.17) is 9.47 Å². The van der Waals surface area contributed by atoms with Gasteiger partial charge in [-0.25, -0.2) is 4.98 Å². The average Bonchev–Trinajstić information content (AvgIpc) is 2.72. The largest absolute Gasteiger partial charge is 0.477 e. The lowest BCUT2D eigenvalue weighted by Gasteiger charge is -2.15. The molecule has 2 rings (SSSR count). The molecule has 1 atom stereocenters. The van der Waals surface area contributed by atoms with E-state index in [9.17, 15) is 9.90 Å². The monoisotopic (exact) mass is 385 g/mol. The van der Waals surface area contributed by atoms with Gasteiger partial charge in [0.25, 0.3) is 0 Å².